The van der Waals surface area contributed by atoms with Crippen molar-refractivity contribution in [2.45, 2.75) is 30.8 Å². The molecule has 116 valence electrons. The van der Waals surface area contributed by atoms with Crippen molar-refractivity contribution in [2.75, 3.05) is 11.1 Å². The van der Waals surface area contributed by atoms with Crippen LogP contribution in [-0.4, -0.2) is 26.4 Å². The van der Waals surface area contributed by atoms with E-state index in [2.05, 4.69) is 15.5 Å². The Hall–Kier alpha value is -1.53. The highest BCUT2D eigenvalue weighted by Gasteiger charge is 2.29. The van der Waals surface area contributed by atoms with Gasteiger partial charge in [-0.05, 0) is 37.5 Å². The lowest BCUT2D eigenvalue weighted by Gasteiger charge is -2.09. The summed E-state index contributed by atoms with van der Waals surface area (Å²) >= 11 is 7.45. The van der Waals surface area contributed by atoms with Gasteiger partial charge in [-0.1, -0.05) is 29.4 Å². The van der Waals surface area contributed by atoms with Crippen LogP contribution in [0.15, 0.2) is 23.4 Å². The number of nitrogens with one attached hydrogen (secondary N) is 1. The zero-order valence-electron chi connectivity index (χ0n) is 12.5. The highest BCUT2D eigenvalue weighted by molar-refractivity contribution is 7.99. The van der Waals surface area contributed by atoms with Crippen molar-refractivity contribution in [2.24, 2.45) is 7.05 Å². The molecule has 1 aliphatic rings. The Labute approximate surface area is 138 Å². The number of carbonyl (C=O) groups is 1. The van der Waals surface area contributed by atoms with E-state index in [1.807, 2.05) is 30.7 Å². The fourth-order valence-corrected chi connectivity index (χ4v) is 3.10. The van der Waals surface area contributed by atoms with E-state index in [4.69, 9.17) is 11.6 Å². The highest BCUT2D eigenvalue weighted by Crippen LogP contribution is 2.39. The lowest BCUT2D eigenvalue weighted by atomic mass is 10.2. The van der Waals surface area contributed by atoms with E-state index >= 15 is 0 Å². The maximum Gasteiger partial charge on any atom is 0.234 e. The molecule has 3 rings (SSSR count). The molecule has 22 heavy (non-hydrogen) atoms. The lowest BCUT2D eigenvalue weighted by molar-refractivity contribution is -0.113. The van der Waals surface area contributed by atoms with Gasteiger partial charge in [0.2, 0.25) is 5.91 Å². The first-order valence-electron chi connectivity index (χ1n) is 7.13. The van der Waals surface area contributed by atoms with Gasteiger partial charge in [-0.15, -0.1) is 10.2 Å². The van der Waals surface area contributed by atoms with Crippen LogP contribution in [0, 0.1) is 6.92 Å². The van der Waals surface area contributed by atoms with Gasteiger partial charge in [0.05, 0.1) is 5.75 Å². The molecular weight excluding hydrogens is 320 g/mol. The van der Waals surface area contributed by atoms with Gasteiger partial charge in [0.1, 0.15) is 5.82 Å². The summed E-state index contributed by atoms with van der Waals surface area (Å²) < 4.78 is 1.99. The van der Waals surface area contributed by atoms with Crippen LogP contribution < -0.4 is 5.32 Å². The maximum absolute atomic E-state index is 12.1. The third kappa shape index (κ3) is 3.28. The first-order valence-corrected chi connectivity index (χ1v) is 8.49. The van der Waals surface area contributed by atoms with Crippen LogP contribution in [0.3, 0.4) is 0 Å². The Morgan fingerprint density at radius 1 is 1.45 bits per heavy atom. The Balaban J connectivity index is 1.59. The predicted octanol–water partition coefficient (Wildman–Crippen LogP) is 3.39. The van der Waals surface area contributed by atoms with Crippen LogP contribution >= 0.6 is 23.4 Å². The van der Waals surface area contributed by atoms with E-state index in [-0.39, 0.29) is 5.91 Å². The minimum absolute atomic E-state index is 0.0775. The van der Waals surface area contributed by atoms with Gasteiger partial charge < -0.3 is 9.88 Å². The van der Waals surface area contributed by atoms with Gasteiger partial charge in [0.15, 0.2) is 5.16 Å². The SMILES string of the molecule is Cc1c(Cl)cccc1NC(=O)CSc1nnc(C2CC2)n1C. The fraction of sp³-hybridized carbons (Fsp3) is 0.400. The summed E-state index contributed by atoms with van der Waals surface area (Å²) in [4.78, 5) is 12.1. The first kappa shape index (κ1) is 15.4. The van der Waals surface area contributed by atoms with E-state index < -0.39 is 0 Å². The van der Waals surface area contributed by atoms with Gasteiger partial charge in [-0.3, -0.25) is 4.79 Å². The second-order valence-electron chi connectivity index (χ2n) is 5.42. The van der Waals surface area contributed by atoms with Gasteiger partial charge in [0, 0.05) is 23.7 Å². The van der Waals surface area contributed by atoms with Gasteiger partial charge >= 0.3 is 0 Å². The van der Waals surface area contributed by atoms with Crippen LogP contribution in [0.4, 0.5) is 5.69 Å². The standard InChI is InChI=1S/C15H17ClN4OS/c1-9-11(16)4-3-5-12(9)17-13(21)8-22-15-19-18-14(20(15)2)10-6-7-10/h3-5,10H,6-8H2,1-2H3,(H,17,21). The lowest BCUT2D eigenvalue weighted by Crippen LogP contribution is -2.15. The van der Waals surface area contributed by atoms with Gasteiger partial charge in [-0.2, -0.15) is 0 Å². The van der Waals surface area contributed by atoms with E-state index in [1.54, 1.807) is 6.07 Å². The Bertz CT molecular complexity index is 712. The highest BCUT2D eigenvalue weighted by atomic mass is 35.5. The second kappa shape index (κ2) is 6.30. The number of hydrogen-bond donors (Lipinski definition) is 1. The molecule has 0 radical (unpaired) electrons. The molecular formula is C15H17ClN4OS. The molecule has 1 aromatic carbocycles. The number of halogens is 1. The van der Waals surface area contributed by atoms with E-state index in [0.29, 0.717) is 16.7 Å². The Kier molecular flexibility index (Phi) is 4.40. The topological polar surface area (TPSA) is 59.8 Å². The molecule has 1 saturated carbocycles. The van der Waals surface area contributed by atoms with Crippen molar-refractivity contribution in [1.82, 2.24) is 14.8 Å². The molecule has 0 aliphatic heterocycles. The van der Waals surface area contributed by atoms with Crippen LogP contribution in [0.25, 0.3) is 0 Å². The van der Waals surface area contributed by atoms with Crippen LogP contribution in [-0.2, 0) is 11.8 Å². The number of thioether (sulfide) groups is 1. The third-order valence-corrected chi connectivity index (χ3v) is 5.11. The number of amides is 1. The summed E-state index contributed by atoms with van der Waals surface area (Å²) in [5.41, 5.74) is 1.62. The van der Waals surface area contributed by atoms with E-state index in [9.17, 15) is 4.79 Å². The summed E-state index contributed by atoms with van der Waals surface area (Å²) in [5, 5.41) is 12.7. The Morgan fingerprint density at radius 3 is 2.95 bits per heavy atom. The van der Waals surface area contributed by atoms with Crippen molar-refractivity contribution in [3.8, 4) is 0 Å². The van der Waals surface area contributed by atoms with Gasteiger partial charge in [0.25, 0.3) is 0 Å². The minimum atomic E-state index is -0.0775. The molecule has 1 heterocycles. The van der Waals surface area contributed by atoms with E-state index in [0.717, 1.165) is 22.2 Å². The van der Waals surface area contributed by atoms with Crippen molar-refractivity contribution in [3.63, 3.8) is 0 Å². The number of carbonyl (C=O) groups excluding carboxylic acids is 1. The summed E-state index contributed by atoms with van der Waals surface area (Å²) in [6.45, 7) is 1.88. The molecule has 1 N–H and O–H groups in total. The maximum atomic E-state index is 12.1. The van der Waals surface area contributed by atoms with Crippen LogP contribution in [0.2, 0.25) is 5.02 Å². The molecule has 7 heteroatoms. The summed E-state index contributed by atoms with van der Waals surface area (Å²) in [6.07, 6.45) is 2.37. The Morgan fingerprint density at radius 2 is 2.23 bits per heavy atom. The second-order valence-corrected chi connectivity index (χ2v) is 6.77. The molecule has 1 aromatic heterocycles. The number of rotatable bonds is 5. The molecule has 0 unspecified atom stereocenters. The minimum Gasteiger partial charge on any atom is -0.325 e. The number of benzene rings is 1. The van der Waals surface area contributed by atoms with Crippen molar-refractivity contribution < 1.29 is 4.79 Å². The molecule has 1 amide bonds. The predicted molar refractivity (Wildman–Crippen MR) is 88.5 cm³/mol. The monoisotopic (exact) mass is 336 g/mol. The van der Waals surface area contributed by atoms with Crippen molar-refractivity contribution in [1.29, 1.82) is 0 Å². The molecule has 0 bridgehead atoms. The van der Waals surface area contributed by atoms with Crippen LogP contribution in [0.1, 0.15) is 30.1 Å². The molecule has 5 nitrogen and oxygen atoms in total. The van der Waals surface area contributed by atoms with Crippen LogP contribution in [0.5, 0.6) is 0 Å². The molecule has 2 aromatic rings. The number of nitrogens with zero attached hydrogens (tertiary/aromatic N) is 3. The summed E-state index contributed by atoms with van der Waals surface area (Å²) in [6, 6.07) is 5.47. The molecule has 0 saturated heterocycles. The fourth-order valence-electron chi connectivity index (χ4n) is 2.21. The molecule has 0 spiro atoms. The van der Waals surface area contributed by atoms with Crippen molar-refractivity contribution in [3.05, 3.63) is 34.6 Å². The average Bonchev–Trinajstić information content (AvgIpc) is 3.26. The third-order valence-electron chi connectivity index (χ3n) is 3.69. The smallest absolute Gasteiger partial charge is 0.234 e. The van der Waals surface area contributed by atoms with Gasteiger partial charge in [-0.25, -0.2) is 0 Å². The largest absolute Gasteiger partial charge is 0.325 e. The number of hydrogen-bond acceptors (Lipinski definition) is 4. The average molecular weight is 337 g/mol. The summed E-state index contributed by atoms with van der Waals surface area (Å²) in [7, 11) is 1.95. The van der Waals surface area contributed by atoms with Crippen molar-refractivity contribution >= 4 is 35.0 Å². The van der Waals surface area contributed by atoms with E-state index in [1.165, 1.54) is 24.6 Å². The zero-order valence-corrected chi connectivity index (χ0v) is 14.0. The molecule has 1 fully saturated rings. The first-order chi connectivity index (χ1) is 10.6. The molecule has 1 aliphatic carbocycles. The number of anilines is 1. The zero-order chi connectivity index (χ0) is 15.7. The summed E-state index contributed by atoms with van der Waals surface area (Å²) in [5.74, 6) is 1.79. The number of aromatic nitrogens is 3. The normalized spacial score (nSPS) is 14.1. The molecule has 0 atom stereocenters. The quantitative estimate of drug-likeness (QED) is 0.850.